The zero-order valence-electron chi connectivity index (χ0n) is 12.7. The maximum Gasteiger partial charge on any atom is 0.326 e. The summed E-state index contributed by atoms with van der Waals surface area (Å²) in [7, 11) is 0. The lowest BCUT2D eigenvalue weighted by Crippen LogP contribution is -2.35. The highest BCUT2D eigenvalue weighted by Gasteiger charge is 2.20. The summed E-state index contributed by atoms with van der Waals surface area (Å²) < 4.78 is 7.02. The van der Waals surface area contributed by atoms with E-state index in [0.29, 0.717) is 23.7 Å². The van der Waals surface area contributed by atoms with Crippen LogP contribution in [0.4, 0.5) is 0 Å². The third-order valence-corrected chi connectivity index (χ3v) is 4.06. The first-order valence-corrected chi connectivity index (χ1v) is 8.06. The van der Waals surface area contributed by atoms with Crippen LogP contribution in [0.1, 0.15) is 31.4 Å². The van der Waals surface area contributed by atoms with Gasteiger partial charge in [-0.3, -0.25) is 9.59 Å². The van der Waals surface area contributed by atoms with Gasteiger partial charge in [-0.1, -0.05) is 18.0 Å². The van der Waals surface area contributed by atoms with Gasteiger partial charge in [-0.25, -0.2) is 4.98 Å². The Morgan fingerprint density at radius 2 is 2.13 bits per heavy atom. The molecule has 1 fully saturated rings. The molecule has 1 aliphatic rings. The molecule has 122 valence electrons. The number of hydrogen-bond donors (Lipinski definition) is 0. The Morgan fingerprint density at radius 1 is 1.26 bits per heavy atom. The van der Waals surface area contributed by atoms with Gasteiger partial charge in [-0.15, -0.1) is 0 Å². The Labute approximate surface area is 139 Å². The zero-order valence-corrected chi connectivity index (χ0v) is 13.5. The predicted octanol–water partition coefficient (Wildman–Crippen LogP) is 2.43. The lowest BCUT2D eigenvalue weighted by molar-refractivity contribution is -0.150. The van der Waals surface area contributed by atoms with Gasteiger partial charge >= 0.3 is 5.97 Å². The third-order valence-electron chi connectivity index (χ3n) is 3.84. The molecule has 0 aliphatic carbocycles. The first-order valence-electron chi connectivity index (χ1n) is 7.68. The highest BCUT2D eigenvalue weighted by Crippen LogP contribution is 2.13. The molecule has 0 spiro atoms. The third kappa shape index (κ3) is 4.01. The van der Waals surface area contributed by atoms with Crippen LogP contribution in [0, 0.1) is 0 Å². The molecule has 0 aromatic carbocycles. The van der Waals surface area contributed by atoms with E-state index < -0.39 is 5.97 Å². The summed E-state index contributed by atoms with van der Waals surface area (Å²) in [6.45, 7) is 0.721. The molecule has 2 aromatic rings. The van der Waals surface area contributed by atoms with Crippen molar-refractivity contribution in [2.75, 3.05) is 13.1 Å². The molecule has 7 heteroatoms. The number of nitrogens with zero attached hydrogens (tertiary/aromatic N) is 3. The smallest absolute Gasteiger partial charge is 0.326 e. The molecule has 23 heavy (non-hydrogen) atoms. The fourth-order valence-corrected chi connectivity index (χ4v) is 2.82. The summed E-state index contributed by atoms with van der Waals surface area (Å²) >= 11 is 5.92. The fourth-order valence-electron chi connectivity index (χ4n) is 2.65. The highest BCUT2D eigenvalue weighted by atomic mass is 35.5. The number of ether oxygens (including phenoxy) is 1. The topological polar surface area (TPSA) is 63.9 Å². The summed E-state index contributed by atoms with van der Waals surface area (Å²) in [5.74, 6) is -0.378. The fraction of sp³-hybridized carbons (Fsp3) is 0.438. The molecular weight excluding hydrogens is 318 g/mol. The van der Waals surface area contributed by atoms with Gasteiger partial charge in [0.25, 0.3) is 0 Å². The van der Waals surface area contributed by atoms with Crippen molar-refractivity contribution in [2.45, 2.75) is 32.3 Å². The molecule has 0 unspecified atom stereocenters. The number of esters is 1. The van der Waals surface area contributed by atoms with Crippen molar-refractivity contribution in [1.82, 2.24) is 14.3 Å². The highest BCUT2D eigenvalue weighted by molar-refractivity contribution is 6.30. The van der Waals surface area contributed by atoms with Crippen LogP contribution in [0.15, 0.2) is 24.5 Å². The maximum absolute atomic E-state index is 11.9. The minimum absolute atomic E-state index is 0.0119. The molecule has 3 rings (SSSR count). The minimum Gasteiger partial charge on any atom is -0.458 e. The summed E-state index contributed by atoms with van der Waals surface area (Å²) in [5.41, 5.74) is 1.38. The van der Waals surface area contributed by atoms with E-state index in [1.54, 1.807) is 33.8 Å². The lowest BCUT2D eigenvalue weighted by Gasteiger charge is -2.18. The Morgan fingerprint density at radius 3 is 3.00 bits per heavy atom. The number of amides is 1. The van der Waals surface area contributed by atoms with E-state index in [1.165, 1.54) is 0 Å². The molecule has 0 N–H and O–H groups in total. The Kier molecular flexibility index (Phi) is 4.81. The molecular formula is C16H18ClN3O3. The van der Waals surface area contributed by atoms with Crippen molar-refractivity contribution in [3.63, 3.8) is 0 Å². The van der Waals surface area contributed by atoms with Crippen LogP contribution in [0.5, 0.6) is 0 Å². The van der Waals surface area contributed by atoms with Crippen LogP contribution in [0.3, 0.4) is 0 Å². The van der Waals surface area contributed by atoms with Gasteiger partial charge in [0.15, 0.2) is 0 Å². The van der Waals surface area contributed by atoms with E-state index in [4.69, 9.17) is 16.3 Å². The minimum atomic E-state index is -0.407. The van der Waals surface area contributed by atoms with Crippen molar-refractivity contribution in [2.24, 2.45) is 0 Å². The molecule has 1 amide bonds. The quantitative estimate of drug-likeness (QED) is 0.805. The predicted molar refractivity (Wildman–Crippen MR) is 85.0 cm³/mol. The van der Waals surface area contributed by atoms with Crippen molar-refractivity contribution in [1.29, 1.82) is 0 Å². The number of halogens is 1. The monoisotopic (exact) mass is 335 g/mol. The van der Waals surface area contributed by atoms with Gasteiger partial charge in [-0.05, 0) is 25.0 Å². The molecule has 2 aromatic heterocycles. The number of fused-ring (bicyclic) bond motifs is 1. The number of carbonyl (C=O) groups is 2. The first-order chi connectivity index (χ1) is 11.1. The summed E-state index contributed by atoms with van der Waals surface area (Å²) in [6, 6.07) is 3.55. The van der Waals surface area contributed by atoms with Gasteiger partial charge in [0.1, 0.15) is 18.8 Å². The van der Waals surface area contributed by atoms with Crippen LogP contribution in [-0.2, 0) is 20.9 Å². The van der Waals surface area contributed by atoms with Crippen molar-refractivity contribution in [3.05, 3.63) is 35.2 Å². The van der Waals surface area contributed by atoms with Gasteiger partial charge in [-0.2, -0.15) is 0 Å². The first kappa shape index (κ1) is 15.8. The van der Waals surface area contributed by atoms with Crippen molar-refractivity contribution < 1.29 is 14.3 Å². The maximum atomic E-state index is 11.9. The molecule has 0 radical (unpaired) electrons. The average Bonchev–Trinajstić information content (AvgIpc) is 2.82. The number of pyridine rings is 1. The molecule has 0 atom stereocenters. The van der Waals surface area contributed by atoms with Crippen LogP contribution in [0.2, 0.25) is 5.02 Å². The van der Waals surface area contributed by atoms with Crippen LogP contribution < -0.4 is 0 Å². The van der Waals surface area contributed by atoms with Crippen LogP contribution in [0.25, 0.3) is 5.65 Å². The van der Waals surface area contributed by atoms with E-state index in [9.17, 15) is 9.59 Å². The second-order valence-corrected chi connectivity index (χ2v) is 6.07. The van der Waals surface area contributed by atoms with E-state index in [0.717, 1.165) is 24.9 Å². The SMILES string of the molecule is O=C(CN1CCCCCC1=O)OCc1cn2cc(Cl)ccc2n1. The zero-order chi connectivity index (χ0) is 16.2. The number of hydrogen-bond acceptors (Lipinski definition) is 4. The van der Waals surface area contributed by atoms with Gasteiger partial charge in [0.05, 0.1) is 10.7 Å². The number of rotatable bonds is 4. The summed E-state index contributed by atoms with van der Waals surface area (Å²) in [6.07, 6.45) is 6.89. The number of likely N-dealkylation sites (tertiary alicyclic amines) is 1. The van der Waals surface area contributed by atoms with Gasteiger partial charge in [0, 0.05) is 25.4 Å². The Hall–Kier alpha value is -2.08. The van der Waals surface area contributed by atoms with Crippen LogP contribution in [-0.4, -0.2) is 39.3 Å². The van der Waals surface area contributed by atoms with Gasteiger partial charge < -0.3 is 14.0 Å². The molecule has 6 nitrogen and oxygen atoms in total. The Balaban J connectivity index is 1.56. The van der Waals surface area contributed by atoms with E-state index in [2.05, 4.69) is 4.98 Å². The van der Waals surface area contributed by atoms with Crippen molar-refractivity contribution in [3.8, 4) is 0 Å². The molecule has 0 bridgehead atoms. The van der Waals surface area contributed by atoms with Crippen LogP contribution >= 0.6 is 11.6 Å². The van der Waals surface area contributed by atoms with E-state index >= 15 is 0 Å². The summed E-state index contributed by atoms with van der Waals surface area (Å²) in [4.78, 5) is 29.7. The number of carbonyl (C=O) groups excluding carboxylic acids is 2. The Bertz CT molecular complexity index is 728. The second kappa shape index (κ2) is 7.00. The molecule has 0 saturated carbocycles. The normalized spacial score (nSPS) is 15.7. The number of aromatic nitrogens is 2. The van der Waals surface area contributed by atoms with E-state index in [-0.39, 0.29) is 19.1 Å². The lowest BCUT2D eigenvalue weighted by atomic mass is 10.2. The van der Waals surface area contributed by atoms with Crippen molar-refractivity contribution >= 4 is 29.1 Å². The summed E-state index contributed by atoms with van der Waals surface area (Å²) in [5, 5.41) is 0.609. The number of imidazole rings is 1. The largest absolute Gasteiger partial charge is 0.458 e. The molecule has 1 saturated heterocycles. The molecule has 1 aliphatic heterocycles. The standard InChI is InChI=1S/C16H18ClN3O3/c17-12-5-6-14-18-13(9-20(14)8-12)11-23-16(22)10-19-7-3-1-2-4-15(19)21/h5-6,8-9H,1-4,7,10-11H2. The average molecular weight is 336 g/mol. The second-order valence-electron chi connectivity index (χ2n) is 5.63. The molecule has 3 heterocycles. The van der Waals surface area contributed by atoms with E-state index in [1.807, 2.05) is 0 Å². The van der Waals surface area contributed by atoms with Gasteiger partial charge in [0.2, 0.25) is 5.91 Å².